The Morgan fingerprint density at radius 3 is 2.76 bits per heavy atom. The van der Waals surface area contributed by atoms with Crippen molar-refractivity contribution in [1.29, 1.82) is 0 Å². The first-order valence-electron chi connectivity index (χ1n) is 10.5. The molecule has 29 heavy (non-hydrogen) atoms. The third kappa shape index (κ3) is 6.87. The number of guanidine groups is 1. The van der Waals surface area contributed by atoms with E-state index in [9.17, 15) is 4.79 Å². The van der Waals surface area contributed by atoms with Crippen molar-refractivity contribution in [2.75, 3.05) is 44.7 Å². The Kier molecular flexibility index (Phi) is 8.58. The van der Waals surface area contributed by atoms with Gasteiger partial charge in [0, 0.05) is 49.9 Å². The molecule has 2 heterocycles. The number of nitrogens with zero attached hydrogens (tertiary/aromatic N) is 2. The first-order valence-corrected chi connectivity index (χ1v) is 10.9. The predicted molar refractivity (Wildman–Crippen MR) is 116 cm³/mol. The van der Waals surface area contributed by atoms with Gasteiger partial charge >= 0.3 is 0 Å². The van der Waals surface area contributed by atoms with Gasteiger partial charge in [-0.1, -0.05) is 11.6 Å². The van der Waals surface area contributed by atoms with Gasteiger partial charge < -0.3 is 25.0 Å². The Morgan fingerprint density at radius 1 is 1.24 bits per heavy atom. The van der Waals surface area contributed by atoms with Crippen LogP contribution in [0.2, 0.25) is 5.02 Å². The van der Waals surface area contributed by atoms with E-state index < -0.39 is 0 Å². The molecule has 1 amide bonds. The van der Waals surface area contributed by atoms with Crippen molar-refractivity contribution < 1.29 is 14.3 Å². The topological polar surface area (TPSA) is 75.2 Å². The van der Waals surface area contributed by atoms with E-state index in [2.05, 4.69) is 22.5 Å². The number of amides is 1. The van der Waals surface area contributed by atoms with E-state index in [1.165, 1.54) is 0 Å². The van der Waals surface area contributed by atoms with Crippen LogP contribution >= 0.6 is 11.6 Å². The van der Waals surface area contributed by atoms with Gasteiger partial charge in [-0.25, -0.2) is 0 Å². The molecule has 0 aromatic heterocycles. The SMILES string of the molecule is CCNC(=NCCCC(=O)Nc1ccc(Cl)cc1)N1CCOC(C2CCCO2)C1. The number of hydrogen-bond acceptors (Lipinski definition) is 4. The number of carbonyl (C=O) groups excluding carboxylic acids is 1. The predicted octanol–water partition coefficient (Wildman–Crippen LogP) is 2.90. The molecular formula is C21H31ClN4O3. The summed E-state index contributed by atoms with van der Waals surface area (Å²) in [5.41, 5.74) is 0.754. The number of hydrogen-bond donors (Lipinski definition) is 2. The standard InChI is InChI=1S/C21H31ClN4O3/c1-2-23-21(26-12-14-29-19(15-26)18-5-4-13-28-18)24-11-3-6-20(27)25-17-9-7-16(22)8-10-17/h7-10,18-19H,2-6,11-15H2,1H3,(H,23,24)(H,25,27). The minimum Gasteiger partial charge on any atom is -0.375 e. The second kappa shape index (κ2) is 11.4. The van der Waals surface area contributed by atoms with Crippen molar-refractivity contribution in [2.45, 2.75) is 44.8 Å². The molecule has 2 atom stereocenters. The Balaban J connectivity index is 1.45. The van der Waals surface area contributed by atoms with Crippen LogP contribution in [-0.4, -0.2) is 68.4 Å². The van der Waals surface area contributed by atoms with Gasteiger partial charge in [0.25, 0.3) is 0 Å². The highest BCUT2D eigenvalue weighted by atomic mass is 35.5. The van der Waals surface area contributed by atoms with E-state index in [0.717, 1.165) is 50.7 Å². The van der Waals surface area contributed by atoms with Crippen LogP contribution in [0, 0.1) is 0 Å². The number of morpholine rings is 1. The molecule has 2 N–H and O–H groups in total. The molecule has 0 spiro atoms. The largest absolute Gasteiger partial charge is 0.375 e. The summed E-state index contributed by atoms with van der Waals surface area (Å²) >= 11 is 5.86. The summed E-state index contributed by atoms with van der Waals surface area (Å²) in [4.78, 5) is 19.1. The van der Waals surface area contributed by atoms with Gasteiger partial charge in [-0.2, -0.15) is 0 Å². The van der Waals surface area contributed by atoms with Crippen LogP contribution in [0.25, 0.3) is 0 Å². The Labute approximate surface area is 177 Å². The van der Waals surface area contributed by atoms with Crippen molar-refractivity contribution in [3.05, 3.63) is 29.3 Å². The quantitative estimate of drug-likeness (QED) is 0.401. The Hall–Kier alpha value is -1.83. The van der Waals surface area contributed by atoms with Crippen LogP contribution in [0.1, 0.15) is 32.6 Å². The summed E-state index contributed by atoms with van der Waals surface area (Å²) in [6, 6.07) is 7.11. The third-order valence-corrected chi connectivity index (χ3v) is 5.31. The zero-order chi connectivity index (χ0) is 20.5. The van der Waals surface area contributed by atoms with E-state index in [0.29, 0.717) is 31.0 Å². The van der Waals surface area contributed by atoms with E-state index in [-0.39, 0.29) is 18.1 Å². The number of aliphatic imine (C=N–C) groups is 1. The molecule has 0 aliphatic carbocycles. The van der Waals surface area contributed by atoms with Crippen LogP contribution in [-0.2, 0) is 14.3 Å². The molecule has 2 aliphatic rings. The van der Waals surface area contributed by atoms with Crippen molar-refractivity contribution in [3.63, 3.8) is 0 Å². The normalized spacial score (nSPS) is 22.6. The monoisotopic (exact) mass is 422 g/mol. The molecule has 0 bridgehead atoms. The number of halogens is 1. The molecule has 0 radical (unpaired) electrons. The average Bonchev–Trinajstić information content (AvgIpc) is 3.27. The van der Waals surface area contributed by atoms with Gasteiger partial charge in [0.1, 0.15) is 6.10 Å². The molecule has 1 aromatic carbocycles. The maximum atomic E-state index is 12.1. The molecular weight excluding hydrogens is 392 g/mol. The van der Waals surface area contributed by atoms with E-state index >= 15 is 0 Å². The van der Waals surface area contributed by atoms with Crippen LogP contribution in [0.15, 0.2) is 29.3 Å². The van der Waals surface area contributed by atoms with E-state index in [1.54, 1.807) is 24.3 Å². The number of carbonyl (C=O) groups is 1. The van der Waals surface area contributed by atoms with Crippen LogP contribution < -0.4 is 10.6 Å². The minimum atomic E-state index is -0.0164. The van der Waals surface area contributed by atoms with Gasteiger partial charge in [-0.05, 0) is 50.5 Å². The molecule has 2 aliphatic heterocycles. The Morgan fingerprint density at radius 2 is 2.03 bits per heavy atom. The van der Waals surface area contributed by atoms with Gasteiger partial charge in [-0.15, -0.1) is 0 Å². The summed E-state index contributed by atoms with van der Waals surface area (Å²) in [6.07, 6.45) is 3.57. The number of rotatable bonds is 7. The van der Waals surface area contributed by atoms with Crippen molar-refractivity contribution in [1.82, 2.24) is 10.2 Å². The molecule has 7 nitrogen and oxygen atoms in total. The van der Waals surface area contributed by atoms with Crippen LogP contribution in [0.4, 0.5) is 5.69 Å². The zero-order valence-electron chi connectivity index (χ0n) is 17.0. The van der Waals surface area contributed by atoms with Crippen LogP contribution in [0.3, 0.4) is 0 Å². The Bertz CT molecular complexity index is 677. The lowest BCUT2D eigenvalue weighted by Gasteiger charge is -2.37. The summed E-state index contributed by atoms with van der Waals surface area (Å²) in [5.74, 6) is 0.870. The molecule has 160 valence electrons. The van der Waals surface area contributed by atoms with E-state index in [4.69, 9.17) is 26.1 Å². The summed E-state index contributed by atoms with van der Waals surface area (Å²) < 4.78 is 11.7. The van der Waals surface area contributed by atoms with Crippen LogP contribution in [0.5, 0.6) is 0 Å². The number of anilines is 1. The summed E-state index contributed by atoms with van der Waals surface area (Å²) in [7, 11) is 0. The first-order chi connectivity index (χ1) is 14.2. The highest BCUT2D eigenvalue weighted by Crippen LogP contribution is 2.21. The van der Waals surface area contributed by atoms with E-state index in [1.807, 2.05) is 0 Å². The maximum Gasteiger partial charge on any atom is 0.224 e. The minimum absolute atomic E-state index is 0.0164. The fourth-order valence-corrected chi connectivity index (χ4v) is 3.72. The summed E-state index contributed by atoms with van der Waals surface area (Å²) in [6.45, 7) is 6.57. The smallest absolute Gasteiger partial charge is 0.224 e. The highest BCUT2D eigenvalue weighted by Gasteiger charge is 2.32. The molecule has 2 fully saturated rings. The zero-order valence-corrected chi connectivity index (χ0v) is 17.8. The third-order valence-electron chi connectivity index (χ3n) is 5.06. The number of ether oxygens (including phenoxy) is 2. The average molecular weight is 423 g/mol. The second-order valence-corrected chi connectivity index (χ2v) is 7.74. The van der Waals surface area contributed by atoms with Gasteiger partial charge in [0.2, 0.25) is 5.91 Å². The number of benzene rings is 1. The second-order valence-electron chi connectivity index (χ2n) is 7.30. The molecule has 2 saturated heterocycles. The highest BCUT2D eigenvalue weighted by molar-refractivity contribution is 6.30. The lowest BCUT2D eigenvalue weighted by atomic mass is 10.1. The lowest BCUT2D eigenvalue weighted by molar-refractivity contribution is -0.116. The number of nitrogens with one attached hydrogen (secondary N) is 2. The maximum absolute atomic E-state index is 12.1. The van der Waals surface area contributed by atoms with Gasteiger partial charge in [0.05, 0.1) is 12.7 Å². The molecule has 2 unspecified atom stereocenters. The fourth-order valence-electron chi connectivity index (χ4n) is 3.60. The van der Waals surface area contributed by atoms with Crippen molar-refractivity contribution in [3.8, 4) is 0 Å². The molecule has 3 rings (SSSR count). The van der Waals surface area contributed by atoms with Crippen molar-refractivity contribution in [2.24, 2.45) is 4.99 Å². The molecule has 1 aromatic rings. The lowest BCUT2D eigenvalue weighted by Crippen LogP contribution is -2.53. The summed E-state index contributed by atoms with van der Waals surface area (Å²) in [5, 5.41) is 6.89. The first kappa shape index (κ1) is 21.9. The molecule has 8 heteroatoms. The van der Waals surface area contributed by atoms with Gasteiger partial charge in [0.15, 0.2) is 5.96 Å². The van der Waals surface area contributed by atoms with Crippen molar-refractivity contribution >= 4 is 29.2 Å². The van der Waals surface area contributed by atoms with Gasteiger partial charge in [-0.3, -0.25) is 9.79 Å². The molecule has 0 saturated carbocycles. The fraction of sp³-hybridized carbons (Fsp3) is 0.619.